The molecule has 0 bridgehead atoms. The lowest BCUT2D eigenvalue weighted by molar-refractivity contribution is -0.121. The maximum Gasteiger partial charge on any atom is 0.240 e. The summed E-state index contributed by atoms with van der Waals surface area (Å²) in [7, 11) is -3.67. The van der Waals surface area contributed by atoms with Crippen LogP contribution in [0, 0.1) is 0 Å². The predicted octanol–water partition coefficient (Wildman–Crippen LogP) is 2.42. The van der Waals surface area contributed by atoms with Crippen LogP contribution in [0.25, 0.3) is 0 Å². The number of carbonyl (C=O) groups is 2. The number of hydrogen-bond donors (Lipinski definition) is 1. The third-order valence-corrected chi connectivity index (χ3v) is 5.84. The van der Waals surface area contributed by atoms with E-state index in [9.17, 15) is 18.0 Å². The molecule has 1 N–H and O–H groups in total. The molecule has 0 aromatic heterocycles. The quantitative estimate of drug-likeness (QED) is 0.790. The third kappa shape index (κ3) is 3.84. The fraction of sp³-hybridized carbons (Fsp3) is 0.263. The average molecular weight is 372 g/mol. The Bertz CT molecular complexity index is 892. The highest BCUT2D eigenvalue weighted by Gasteiger charge is 2.30. The van der Waals surface area contributed by atoms with Crippen molar-refractivity contribution in [2.75, 3.05) is 11.4 Å². The topological polar surface area (TPSA) is 83.6 Å². The van der Waals surface area contributed by atoms with Crippen molar-refractivity contribution in [3.8, 4) is 0 Å². The maximum atomic E-state index is 12.5. The van der Waals surface area contributed by atoms with Gasteiger partial charge in [0, 0.05) is 19.4 Å². The number of benzene rings is 2. The van der Waals surface area contributed by atoms with E-state index in [0.29, 0.717) is 5.69 Å². The Kier molecular flexibility index (Phi) is 5.20. The minimum Gasteiger partial charge on any atom is -0.274 e. The zero-order chi connectivity index (χ0) is 18.7. The van der Waals surface area contributed by atoms with Crippen LogP contribution in [-0.4, -0.2) is 26.8 Å². The van der Waals surface area contributed by atoms with Crippen LogP contribution < -0.4 is 9.62 Å². The molecule has 0 radical (unpaired) electrons. The molecule has 6 nitrogen and oxygen atoms in total. The van der Waals surface area contributed by atoms with Gasteiger partial charge >= 0.3 is 0 Å². The average Bonchev–Trinajstić information content (AvgIpc) is 2.99. The number of anilines is 1. The van der Waals surface area contributed by atoms with Gasteiger partial charge in [0.05, 0.1) is 10.6 Å². The van der Waals surface area contributed by atoms with E-state index in [1.54, 1.807) is 0 Å². The molecule has 1 heterocycles. The number of hydrogen-bond acceptors (Lipinski definition) is 4. The molecule has 1 atom stereocenters. The number of amides is 2. The van der Waals surface area contributed by atoms with E-state index in [-0.39, 0.29) is 42.0 Å². The predicted molar refractivity (Wildman–Crippen MR) is 98.2 cm³/mol. The Morgan fingerprint density at radius 1 is 0.962 bits per heavy atom. The Morgan fingerprint density at radius 3 is 2.12 bits per heavy atom. The molecule has 136 valence electrons. The first-order valence-corrected chi connectivity index (χ1v) is 9.87. The van der Waals surface area contributed by atoms with E-state index in [4.69, 9.17) is 0 Å². The van der Waals surface area contributed by atoms with E-state index in [1.807, 2.05) is 37.3 Å². The van der Waals surface area contributed by atoms with Gasteiger partial charge in [0.25, 0.3) is 0 Å². The summed E-state index contributed by atoms with van der Waals surface area (Å²) in [5, 5.41) is 0. The van der Waals surface area contributed by atoms with Crippen LogP contribution in [0.15, 0.2) is 59.5 Å². The highest BCUT2D eigenvalue weighted by molar-refractivity contribution is 7.89. The summed E-state index contributed by atoms with van der Waals surface area (Å²) in [6.45, 7) is 2.22. The molecule has 0 saturated carbocycles. The molecule has 26 heavy (non-hydrogen) atoms. The van der Waals surface area contributed by atoms with Gasteiger partial charge in [-0.05, 0) is 35.7 Å². The normalized spacial score (nSPS) is 16.1. The van der Waals surface area contributed by atoms with Crippen molar-refractivity contribution < 1.29 is 18.0 Å². The van der Waals surface area contributed by atoms with Crippen molar-refractivity contribution in [3.63, 3.8) is 0 Å². The van der Waals surface area contributed by atoms with E-state index < -0.39 is 10.0 Å². The summed E-state index contributed by atoms with van der Waals surface area (Å²) in [6.07, 6.45) is 0.385. The van der Waals surface area contributed by atoms with Crippen LogP contribution in [0.4, 0.5) is 5.69 Å². The number of carbonyl (C=O) groups excluding carboxylic acids is 2. The van der Waals surface area contributed by atoms with E-state index >= 15 is 0 Å². The van der Waals surface area contributed by atoms with Crippen molar-refractivity contribution >= 4 is 27.5 Å². The van der Waals surface area contributed by atoms with Crippen molar-refractivity contribution in [1.82, 2.24) is 4.72 Å². The molecule has 2 aromatic rings. The molecule has 1 fully saturated rings. The van der Waals surface area contributed by atoms with E-state index in [0.717, 1.165) is 10.5 Å². The maximum absolute atomic E-state index is 12.5. The van der Waals surface area contributed by atoms with Crippen molar-refractivity contribution in [3.05, 3.63) is 60.2 Å². The molecule has 3 rings (SSSR count). The lowest BCUT2D eigenvalue weighted by atomic mass is 10.0. The standard InChI is InChI=1S/C19H20N2O4S/c1-14(15-5-3-2-4-6-15)13-20-26(24,25)17-9-7-16(8-10-17)21-18(22)11-12-19(21)23/h2-10,14,20H,11-13H2,1H3. The molecule has 0 spiro atoms. The van der Waals surface area contributed by atoms with Crippen LogP contribution >= 0.6 is 0 Å². The fourth-order valence-electron chi connectivity index (χ4n) is 2.86. The fourth-order valence-corrected chi connectivity index (χ4v) is 3.99. The minimum atomic E-state index is -3.67. The van der Waals surface area contributed by atoms with Gasteiger partial charge in [-0.1, -0.05) is 37.3 Å². The Balaban J connectivity index is 1.69. The first-order chi connectivity index (χ1) is 12.4. The first-order valence-electron chi connectivity index (χ1n) is 8.39. The van der Waals surface area contributed by atoms with Gasteiger partial charge in [-0.25, -0.2) is 13.1 Å². The third-order valence-electron chi connectivity index (χ3n) is 4.40. The number of sulfonamides is 1. The van der Waals surface area contributed by atoms with Crippen LogP contribution in [0.3, 0.4) is 0 Å². The van der Waals surface area contributed by atoms with Crippen LogP contribution in [0.2, 0.25) is 0 Å². The van der Waals surface area contributed by atoms with Crippen LogP contribution in [0.1, 0.15) is 31.2 Å². The van der Waals surface area contributed by atoms with Gasteiger partial charge in [0.1, 0.15) is 0 Å². The van der Waals surface area contributed by atoms with Crippen molar-refractivity contribution in [2.24, 2.45) is 0 Å². The minimum absolute atomic E-state index is 0.0325. The number of rotatable bonds is 6. The molecule has 1 unspecified atom stereocenters. The number of nitrogens with one attached hydrogen (secondary N) is 1. The van der Waals surface area contributed by atoms with Gasteiger partial charge in [0.15, 0.2) is 0 Å². The summed E-state index contributed by atoms with van der Waals surface area (Å²) >= 11 is 0. The highest BCUT2D eigenvalue weighted by atomic mass is 32.2. The van der Waals surface area contributed by atoms with Crippen LogP contribution in [-0.2, 0) is 19.6 Å². The van der Waals surface area contributed by atoms with Gasteiger partial charge in [-0.15, -0.1) is 0 Å². The molecule has 1 aliphatic heterocycles. The summed E-state index contributed by atoms with van der Waals surface area (Å²) in [4.78, 5) is 24.7. The lowest BCUT2D eigenvalue weighted by Gasteiger charge is -2.15. The summed E-state index contributed by atoms with van der Waals surface area (Å²) in [6, 6.07) is 15.4. The lowest BCUT2D eigenvalue weighted by Crippen LogP contribution is -2.29. The second kappa shape index (κ2) is 7.39. The smallest absolute Gasteiger partial charge is 0.240 e. The van der Waals surface area contributed by atoms with Gasteiger partial charge in [-0.3, -0.25) is 14.5 Å². The first kappa shape index (κ1) is 18.3. The Hall–Kier alpha value is -2.51. The van der Waals surface area contributed by atoms with Crippen molar-refractivity contribution in [1.29, 1.82) is 0 Å². The molecule has 7 heteroatoms. The molecular formula is C19H20N2O4S. The van der Waals surface area contributed by atoms with E-state index in [1.165, 1.54) is 24.3 Å². The molecule has 1 aliphatic rings. The van der Waals surface area contributed by atoms with Crippen LogP contribution in [0.5, 0.6) is 0 Å². The zero-order valence-electron chi connectivity index (χ0n) is 14.4. The van der Waals surface area contributed by atoms with Crippen molar-refractivity contribution in [2.45, 2.75) is 30.6 Å². The van der Waals surface area contributed by atoms with Gasteiger partial charge < -0.3 is 0 Å². The Labute approximate surface area is 152 Å². The number of nitrogens with zero attached hydrogens (tertiary/aromatic N) is 1. The molecule has 2 aromatic carbocycles. The number of imide groups is 1. The molecule has 2 amide bonds. The summed E-state index contributed by atoms with van der Waals surface area (Å²) in [5.74, 6) is -0.495. The monoisotopic (exact) mass is 372 g/mol. The summed E-state index contributed by atoms with van der Waals surface area (Å²) in [5.41, 5.74) is 1.45. The zero-order valence-corrected chi connectivity index (χ0v) is 15.2. The Morgan fingerprint density at radius 2 is 1.54 bits per heavy atom. The SMILES string of the molecule is CC(CNS(=O)(=O)c1ccc(N2C(=O)CCC2=O)cc1)c1ccccc1. The molecular weight excluding hydrogens is 352 g/mol. The van der Waals surface area contributed by atoms with E-state index in [2.05, 4.69) is 4.72 Å². The largest absolute Gasteiger partial charge is 0.274 e. The van der Waals surface area contributed by atoms with Gasteiger partial charge in [0.2, 0.25) is 21.8 Å². The molecule has 0 aliphatic carbocycles. The molecule has 1 saturated heterocycles. The second-order valence-corrected chi connectivity index (χ2v) is 8.05. The second-order valence-electron chi connectivity index (χ2n) is 6.28. The summed E-state index contributed by atoms with van der Waals surface area (Å²) < 4.78 is 27.5. The van der Waals surface area contributed by atoms with Gasteiger partial charge in [-0.2, -0.15) is 0 Å². The highest BCUT2D eigenvalue weighted by Crippen LogP contribution is 2.24.